The Morgan fingerprint density at radius 3 is 2.50 bits per heavy atom. The van der Waals surface area contributed by atoms with Crippen molar-refractivity contribution in [3.05, 3.63) is 54.6 Å². The molecule has 1 aromatic carbocycles. The molecule has 0 radical (unpaired) electrons. The third-order valence-electron chi connectivity index (χ3n) is 2.21. The maximum Gasteiger partial charge on any atom is 0.0749 e. The Kier molecular flexibility index (Phi) is 4.27. The van der Waals surface area contributed by atoms with Gasteiger partial charge in [0.05, 0.1) is 4.83 Å². The third kappa shape index (κ3) is 2.78. The summed E-state index contributed by atoms with van der Waals surface area (Å²) in [6.07, 6.45) is 0. The first-order valence-corrected chi connectivity index (χ1v) is 8.05. The van der Waals surface area contributed by atoms with Crippen molar-refractivity contribution in [3.8, 4) is 0 Å². The number of hydrogen-bond acceptors (Lipinski definition) is 1. The predicted molar refractivity (Wildman–Crippen MR) is 81.7 cm³/mol. The van der Waals surface area contributed by atoms with Crippen LogP contribution in [0.25, 0.3) is 0 Å². The minimum absolute atomic E-state index is 0.248. The number of thiophene rings is 1. The average Bonchev–Trinajstić information content (AvgIpc) is 2.57. The number of benzene rings is 1. The highest BCUT2D eigenvalue weighted by Crippen LogP contribution is 2.40. The molecule has 0 fully saturated rings. The SMILES string of the molecule is Cc1cc(Br)c(C(Br)c2cccc(Br)c2)s1. The number of alkyl halides is 1. The lowest BCUT2D eigenvalue weighted by Gasteiger charge is -2.09. The van der Waals surface area contributed by atoms with Crippen LogP contribution < -0.4 is 0 Å². The lowest BCUT2D eigenvalue weighted by atomic mass is 10.1. The molecule has 0 aliphatic rings. The van der Waals surface area contributed by atoms with Gasteiger partial charge < -0.3 is 0 Å². The van der Waals surface area contributed by atoms with E-state index in [-0.39, 0.29) is 4.83 Å². The molecule has 0 saturated heterocycles. The van der Waals surface area contributed by atoms with Gasteiger partial charge >= 0.3 is 0 Å². The van der Waals surface area contributed by atoms with Gasteiger partial charge in [0, 0.05) is 18.7 Å². The molecule has 2 aromatic rings. The van der Waals surface area contributed by atoms with Crippen molar-refractivity contribution in [1.29, 1.82) is 0 Å². The van der Waals surface area contributed by atoms with Crippen molar-refractivity contribution < 1.29 is 0 Å². The Balaban J connectivity index is 2.38. The van der Waals surface area contributed by atoms with Gasteiger partial charge in [-0.2, -0.15) is 0 Å². The van der Waals surface area contributed by atoms with Crippen LogP contribution in [0.15, 0.2) is 39.3 Å². The van der Waals surface area contributed by atoms with Gasteiger partial charge in [0.25, 0.3) is 0 Å². The second-order valence-corrected chi connectivity index (χ2v) is 7.46. The van der Waals surface area contributed by atoms with Gasteiger partial charge in [-0.15, -0.1) is 11.3 Å². The summed E-state index contributed by atoms with van der Waals surface area (Å²) in [6, 6.07) is 10.5. The van der Waals surface area contributed by atoms with E-state index in [0.717, 1.165) is 4.47 Å². The van der Waals surface area contributed by atoms with Crippen LogP contribution in [0.3, 0.4) is 0 Å². The molecule has 16 heavy (non-hydrogen) atoms. The number of rotatable bonds is 2. The minimum Gasteiger partial charge on any atom is -0.143 e. The van der Waals surface area contributed by atoms with Crippen molar-refractivity contribution in [2.45, 2.75) is 11.8 Å². The summed E-state index contributed by atoms with van der Waals surface area (Å²) in [5.41, 5.74) is 1.26. The van der Waals surface area contributed by atoms with Crippen LogP contribution in [0, 0.1) is 6.92 Å². The predicted octanol–water partition coefficient (Wildman–Crippen LogP) is 6.07. The monoisotopic (exact) mass is 422 g/mol. The maximum absolute atomic E-state index is 3.75. The zero-order valence-electron chi connectivity index (χ0n) is 8.51. The molecule has 1 unspecified atom stereocenters. The van der Waals surface area contributed by atoms with E-state index in [9.17, 15) is 0 Å². The number of halogens is 3. The zero-order valence-corrected chi connectivity index (χ0v) is 14.1. The van der Waals surface area contributed by atoms with E-state index in [2.05, 4.69) is 79.0 Å². The third-order valence-corrected chi connectivity index (χ3v) is 6.02. The molecule has 0 amide bonds. The van der Waals surface area contributed by atoms with Crippen LogP contribution in [-0.2, 0) is 0 Å². The fourth-order valence-corrected chi connectivity index (χ4v) is 4.91. The van der Waals surface area contributed by atoms with Gasteiger partial charge in [-0.05, 0) is 46.6 Å². The first-order valence-electron chi connectivity index (χ1n) is 4.73. The standard InChI is InChI=1S/C12H9Br3S/c1-7-5-10(14)12(16-7)11(15)8-3-2-4-9(13)6-8/h2-6,11H,1H3. The molecule has 0 aliphatic heterocycles. The van der Waals surface area contributed by atoms with Crippen LogP contribution >= 0.6 is 59.1 Å². The van der Waals surface area contributed by atoms with Gasteiger partial charge in [-0.1, -0.05) is 44.0 Å². The average molecular weight is 425 g/mol. The van der Waals surface area contributed by atoms with Crippen molar-refractivity contribution >= 4 is 59.1 Å². The second-order valence-electron chi connectivity index (χ2n) is 3.49. The van der Waals surface area contributed by atoms with Crippen molar-refractivity contribution in [2.75, 3.05) is 0 Å². The molecule has 4 heteroatoms. The lowest BCUT2D eigenvalue weighted by molar-refractivity contribution is 1.21. The number of hydrogen-bond donors (Lipinski definition) is 0. The molecular weight excluding hydrogens is 416 g/mol. The summed E-state index contributed by atoms with van der Waals surface area (Å²) < 4.78 is 2.29. The quantitative estimate of drug-likeness (QED) is 0.513. The van der Waals surface area contributed by atoms with Crippen LogP contribution in [0.4, 0.5) is 0 Å². The summed E-state index contributed by atoms with van der Waals surface area (Å²) in [6.45, 7) is 2.12. The summed E-state index contributed by atoms with van der Waals surface area (Å²) in [5.74, 6) is 0. The minimum atomic E-state index is 0.248. The fraction of sp³-hybridized carbons (Fsp3) is 0.167. The summed E-state index contributed by atoms with van der Waals surface area (Å²) in [7, 11) is 0. The van der Waals surface area contributed by atoms with Gasteiger partial charge in [0.2, 0.25) is 0 Å². The lowest BCUT2D eigenvalue weighted by Crippen LogP contribution is -1.89. The van der Waals surface area contributed by atoms with Crippen LogP contribution in [-0.4, -0.2) is 0 Å². The van der Waals surface area contributed by atoms with E-state index < -0.39 is 0 Å². The molecule has 1 atom stereocenters. The molecule has 0 nitrogen and oxygen atoms in total. The fourth-order valence-electron chi connectivity index (χ4n) is 1.49. The van der Waals surface area contributed by atoms with E-state index in [4.69, 9.17) is 0 Å². The van der Waals surface area contributed by atoms with E-state index in [1.807, 2.05) is 17.4 Å². The van der Waals surface area contributed by atoms with E-state index in [1.54, 1.807) is 0 Å². The summed E-state index contributed by atoms with van der Waals surface area (Å²) in [5, 5.41) is 0. The molecule has 1 heterocycles. The maximum atomic E-state index is 3.75. The molecule has 1 aromatic heterocycles. The highest BCUT2D eigenvalue weighted by atomic mass is 79.9. The summed E-state index contributed by atoms with van der Waals surface area (Å²) >= 11 is 12.7. The Labute approximate surface area is 124 Å². The molecular formula is C12H9Br3S. The Bertz CT molecular complexity index is 505. The molecule has 0 N–H and O–H groups in total. The van der Waals surface area contributed by atoms with Crippen LogP contribution in [0.5, 0.6) is 0 Å². The van der Waals surface area contributed by atoms with Crippen molar-refractivity contribution in [2.24, 2.45) is 0 Å². The highest BCUT2D eigenvalue weighted by Gasteiger charge is 2.16. The van der Waals surface area contributed by atoms with E-state index in [0.29, 0.717) is 0 Å². The van der Waals surface area contributed by atoms with E-state index >= 15 is 0 Å². The highest BCUT2D eigenvalue weighted by molar-refractivity contribution is 9.11. The Morgan fingerprint density at radius 2 is 1.94 bits per heavy atom. The first-order chi connectivity index (χ1) is 7.58. The molecule has 0 bridgehead atoms. The van der Waals surface area contributed by atoms with Crippen molar-refractivity contribution in [1.82, 2.24) is 0 Å². The molecule has 0 spiro atoms. The van der Waals surface area contributed by atoms with Gasteiger partial charge in [0.15, 0.2) is 0 Å². The normalized spacial score (nSPS) is 12.8. The molecule has 84 valence electrons. The van der Waals surface area contributed by atoms with E-state index in [1.165, 1.54) is 19.8 Å². The zero-order chi connectivity index (χ0) is 11.7. The topological polar surface area (TPSA) is 0 Å². The molecule has 0 aliphatic carbocycles. The number of aryl methyl sites for hydroxylation is 1. The van der Waals surface area contributed by atoms with Crippen molar-refractivity contribution in [3.63, 3.8) is 0 Å². The smallest absolute Gasteiger partial charge is 0.0749 e. The summed E-state index contributed by atoms with van der Waals surface area (Å²) in [4.78, 5) is 2.88. The van der Waals surface area contributed by atoms with Gasteiger partial charge in [-0.3, -0.25) is 0 Å². The Hall–Kier alpha value is 0.360. The molecule has 2 rings (SSSR count). The molecule has 0 saturated carbocycles. The largest absolute Gasteiger partial charge is 0.143 e. The van der Waals surface area contributed by atoms with Crippen LogP contribution in [0.2, 0.25) is 0 Å². The Morgan fingerprint density at radius 1 is 1.19 bits per heavy atom. The van der Waals surface area contributed by atoms with Gasteiger partial charge in [0.1, 0.15) is 0 Å². The second kappa shape index (κ2) is 5.34. The van der Waals surface area contributed by atoms with Crippen LogP contribution in [0.1, 0.15) is 20.1 Å². The first kappa shape index (κ1) is 12.8. The van der Waals surface area contributed by atoms with Gasteiger partial charge in [-0.25, -0.2) is 0 Å².